The molecule has 26 heavy (non-hydrogen) atoms. The van der Waals surface area contributed by atoms with Crippen molar-refractivity contribution in [1.82, 2.24) is 0 Å². The Kier molecular flexibility index (Phi) is 5.27. The summed E-state index contributed by atoms with van der Waals surface area (Å²) in [4.78, 5) is 38.7. The van der Waals surface area contributed by atoms with E-state index in [2.05, 4.69) is 0 Å². The highest BCUT2D eigenvalue weighted by atomic mass is 16.5. The van der Waals surface area contributed by atoms with Crippen LogP contribution in [-0.2, 0) is 9.53 Å². The van der Waals surface area contributed by atoms with Gasteiger partial charge in [0, 0.05) is 5.56 Å². The van der Waals surface area contributed by atoms with Crippen LogP contribution in [0.25, 0.3) is 0 Å². The number of Topliss-reactive ketones (excluding diaryl/α,β-unsaturated/α-hetero) is 2. The van der Waals surface area contributed by atoms with Crippen molar-refractivity contribution in [3.05, 3.63) is 16.7 Å². The smallest absolute Gasteiger partial charge is 0.322 e. The van der Waals surface area contributed by atoms with Gasteiger partial charge in [-0.05, 0) is 13.3 Å². The molecule has 0 saturated heterocycles. The Morgan fingerprint density at radius 2 is 1.54 bits per heavy atom. The maximum atomic E-state index is 13.3. The summed E-state index contributed by atoms with van der Waals surface area (Å²) in [7, 11) is 5.13. The van der Waals surface area contributed by atoms with Crippen LogP contribution in [0.1, 0.15) is 39.6 Å². The first-order valence-corrected chi connectivity index (χ1v) is 7.96. The molecule has 0 spiro atoms. The predicted molar refractivity (Wildman–Crippen MR) is 90.2 cm³/mol. The quantitative estimate of drug-likeness (QED) is 0.614. The summed E-state index contributed by atoms with van der Waals surface area (Å²) in [5.74, 6) is -2.27. The SMILES string of the molecule is CCC1(C(=O)OC)C(=O)c2c(OC)c(C)c(OC)c(OC)c2C(=O)C1O. The molecule has 0 radical (unpaired) electrons. The van der Waals surface area contributed by atoms with E-state index in [4.69, 9.17) is 18.9 Å². The van der Waals surface area contributed by atoms with Crippen LogP contribution in [0.2, 0.25) is 0 Å². The van der Waals surface area contributed by atoms with Crippen LogP contribution in [0.3, 0.4) is 0 Å². The third-order valence-corrected chi connectivity index (χ3v) is 4.91. The van der Waals surface area contributed by atoms with E-state index in [-0.39, 0.29) is 34.8 Å². The first-order valence-electron chi connectivity index (χ1n) is 7.96. The van der Waals surface area contributed by atoms with Crippen molar-refractivity contribution >= 4 is 17.5 Å². The van der Waals surface area contributed by atoms with E-state index >= 15 is 0 Å². The zero-order chi connectivity index (χ0) is 19.8. The van der Waals surface area contributed by atoms with Crippen molar-refractivity contribution < 1.29 is 38.4 Å². The van der Waals surface area contributed by atoms with Gasteiger partial charge in [-0.15, -0.1) is 0 Å². The van der Waals surface area contributed by atoms with Crippen LogP contribution in [0, 0.1) is 12.3 Å². The van der Waals surface area contributed by atoms with E-state index in [9.17, 15) is 19.5 Å². The molecule has 1 aromatic rings. The monoisotopic (exact) mass is 366 g/mol. The number of ketones is 2. The fraction of sp³-hybridized carbons (Fsp3) is 0.500. The van der Waals surface area contributed by atoms with Gasteiger partial charge in [0.05, 0.1) is 39.6 Å². The number of aliphatic hydroxyl groups excluding tert-OH is 1. The highest BCUT2D eigenvalue weighted by Gasteiger charge is 2.60. The highest BCUT2D eigenvalue weighted by Crippen LogP contribution is 2.50. The first-order chi connectivity index (χ1) is 12.3. The molecule has 0 saturated carbocycles. The Hall–Kier alpha value is -2.61. The van der Waals surface area contributed by atoms with Crippen LogP contribution in [0.15, 0.2) is 0 Å². The van der Waals surface area contributed by atoms with E-state index in [1.54, 1.807) is 6.92 Å². The fourth-order valence-electron chi connectivity index (χ4n) is 3.54. The molecular weight excluding hydrogens is 344 g/mol. The Labute approximate surface area is 151 Å². The molecule has 0 bridgehead atoms. The van der Waals surface area contributed by atoms with Gasteiger partial charge in [-0.25, -0.2) is 0 Å². The Bertz CT molecular complexity index is 782. The molecule has 2 rings (SSSR count). The molecule has 0 fully saturated rings. The molecule has 1 N–H and O–H groups in total. The van der Waals surface area contributed by atoms with Crippen LogP contribution in [-0.4, -0.2) is 57.2 Å². The number of methoxy groups -OCH3 is 4. The lowest BCUT2D eigenvalue weighted by Crippen LogP contribution is -2.56. The Balaban J connectivity index is 3.00. The molecule has 0 heterocycles. The second-order valence-corrected chi connectivity index (χ2v) is 5.89. The fourth-order valence-corrected chi connectivity index (χ4v) is 3.54. The summed E-state index contributed by atoms with van der Waals surface area (Å²) < 4.78 is 20.7. The second kappa shape index (κ2) is 6.95. The summed E-state index contributed by atoms with van der Waals surface area (Å²) >= 11 is 0. The number of esters is 1. The van der Waals surface area contributed by atoms with Gasteiger partial charge in [0.1, 0.15) is 11.9 Å². The third-order valence-electron chi connectivity index (χ3n) is 4.91. The second-order valence-electron chi connectivity index (χ2n) is 5.89. The summed E-state index contributed by atoms with van der Waals surface area (Å²) in [5, 5.41) is 10.6. The molecule has 1 aliphatic rings. The van der Waals surface area contributed by atoms with Crippen molar-refractivity contribution in [2.24, 2.45) is 5.41 Å². The van der Waals surface area contributed by atoms with E-state index in [1.807, 2.05) is 0 Å². The molecule has 1 aliphatic carbocycles. The maximum Gasteiger partial charge on any atom is 0.322 e. The lowest BCUT2D eigenvalue weighted by molar-refractivity contribution is -0.154. The lowest BCUT2D eigenvalue weighted by Gasteiger charge is -2.37. The van der Waals surface area contributed by atoms with Crippen molar-refractivity contribution in [2.75, 3.05) is 28.4 Å². The number of carbonyl (C=O) groups is 3. The predicted octanol–water partition coefficient (Wildman–Crippen LogP) is 1.33. The molecule has 0 amide bonds. The van der Waals surface area contributed by atoms with Crippen LogP contribution >= 0.6 is 0 Å². The van der Waals surface area contributed by atoms with Gasteiger partial charge in [-0.2, -0.15) is 0 Å². The number of rotatable bonds is 5. The van der Waals surface area contributed by atoms with E-state index in [1.165, 1.54) is 28.3 Å². The van der Waals surface area contributed by atoms with E-state index < -0.39 is 29.1 Å². The first kappa shape index (κ1) is 19.7. The molecule has 2 unspecified atom stereocenters. The van der Waals surface area contributed by atoms with E-state index in [0.29, 0.717) is 5.56 Å². The van der Waals surface area contributed by atoms with Crippen molar-refractivity contribution in [2.45, 2.75) is 26.4 Å². The number of carbonyl (C=O) groups excluding carboxylic acids is 3. The van der Waals surface area contributed by atoms with Crippen LogP contribution < -0.4 is 14.2 Å². The molecule has 0 aliphatic heterocycles. The van der Waals surface area contributed by atoms with Gasteiger partial charge in [0.25, 0.3) is 0 Å². The molecule has 8 heteroatoms. The number of ether oxygens (including phenoxy) is 4. The summed E-state index contributed by atoms with van der Waals surface area (Å²) in [6, 6.07) is 0. The number of benzene rings is 1. The van der Waals surface area contributed by atoms with Gasteiger partial charge < -0.3 is 24.1 Å². The van der Waals surface area contributed by atoms with Crippen molar-refractivity contribution in [3.8, 4) is 17.2 Å². The van der Waals surface area contributed by atoms with Crippen molar-refractivity contribution in [1.29, 1.82) is 0 Å². The molecular formula is C18H22O8. The van der Waals surface area contributed by atoms with Crippen LogP contribution in [0.5, 0.6) is 17.2 Å². The van der Waals surface area contributed by atoms with Crippen molar-refractivity contribution in [3.63, 3.8) is 0 Å². The van der Waals surface area contributed by atoms with Crippen LogP contribution in [0.4, 0.5) is 0 Å². The molecule has 8 nitrogen and oxygen atoms in total. The average molecular weight is 366 g/mol. The zero-order valence-corrected chi connectivity index (χ0v) is 15.6. The van der Waals surface area contributed by atoms with Gasteiger partial charge in [-0.3, -0.25) is 14.4 Å². The highest BCUT2D eigenvalue weighted by molar-refractivity contribution is 6.27. The zero-order valence-electron chi connectivity index (χ0n) is 15.6. The number of fused-ring (bicyclic) bond motifs is 1. The number of aliphatic hydroxyl groups is 1. The minimum absolute atomic E-state index is 0.00719. The van der Waals surface area contributed by atoms with E-state index in [0.717, 1.165) is 7.11 Å². The number of hydrogen-bond acceptors (Lipinski definition) is 8. The normalized spacial score (nSPS) is 21.9. The van der Waals surface area contributed by atoms with Gasteiger partial charge >= 0.3 is 5.97 Å². The summed E-state index contributed by atoms with van der Waals surface area (Å²) in [6.07, 6.45) is -2.03. The Morgan fingerprint density at radius 3 is 1.96 bits per heavy atom. The minimum Gasteiger partial charge on any atom is -0.496 e. The number of hydrogen-bond donors (Lipinski definition) is 1. The Morgan fingerprint density at radius 1 is 1.00 bits per heavy atom. The summed E-state index contributed by atoms with van der Waals surface area (Å²) in [6.45, 7) is 3.16. The lowest BCUT2D eigenvalue weighted by atomic mass is 9.65. The molecule has 2 atom stereocenters. The van der Waals surface area contributed by atoms with Gasteiger partial charge in [-0.1, -0.05) is 6.92 Å². The summed E-state index contributed by atoms with van der Waals surface area (Å²) in [5.41, 5.74) is -1.90. The largest absolute Gasteiger partial charge is 0.496 e. The standard InChI is InChI=1S/C18H22O8/c1-7-18(17(22)26-6)15(20)10-9(11(19)16(18)21)14(25-5)13(24-4)8(2)12(10)23-3/h16,21H,7H2,1-6H3. The molecule has 0 aromatic heterocycles. The van der Waals surface area contributed by atoms with Gasteiger partial charge in [0.2, 0.25) is 0 Å². The topological polar surface area (TPSA) is 108 Å². The maximum absolute atomic E-state index is 13.3. The molecule has 142 valence electrons. The average Bonchev–Trinajstić information content (AvgIpc) is 2.65. The molecule has 1 aromatic carbocycles. The van der Waals surface area contributed by atoms with Gasteiger partial charge in [0.15, 0.2) is 28.5 Å². The third kappa shape index (κ3) is 2.28. The minimum atomic E-state index is -2.04.